The van der Waals surface area contributed by atoms with Gasteiger partial charge in [0.25, 0.3) is 0 Å². The van der Waals surface area contributed by atoms with Gasteiger partial charge in [-0.25, -0.2) is 8.42 Å². The molecule has 0 saturated carbocycles. The first kappa shape index (κ1) is 24.4. The highest BCUT2D eigenvalue weighted by Crippen LogP contribution is 2.24. The highest BCUT2D eigenvalue weighted by molar-refractivity contribution is 7.90. The van der Waals surface area contributed by atoms with Crippen LogP contribution >= 0.6 is 0 Å². The minimum Gasteiger partial charge on any atom is -0.497 e. The van der Waals surface area contributed by atoms with Gasteiger partial charge in [-0.2, -0.15) is 4.68 Å². The number of tetrazole rings is 1. The summed E-state index contributed by atoms with van der Waals surface area (Å²) < 4.78 is 30.6. The van der Waals surface area contributed by atoms with E-state index >= 15 is 0 Å². The standard InChI is InChI=1S/C26H29N5O3S/c1-19(2)21-7-5-20(6-8-21)17-30(22-9-13-24(34-3)14-10-22)18-26-27-28-29-31(26)23-11-15-25(16-12-23)35(4,32)33/h5-16,19H,17-18H2,1-4H3. The van der Waals surface area contributed by atoms with E-state index in [2.05, 4.69) is 58.5 Å². The molecule has 3 aromatic carbocycles. The predicted octanol–water partition coefficient (Wildman–Crippen LogP) is 4.40. The first-order valence-electron chi connectivity index (χ1n) is 11.3. The largest absolute Gasteiger partial charge is 0.497 e. The van der Waals surface area contributed by atoms with Crippen molar-refractivity contribution in [3.63, 3.8) is 0 Å². The van der Waals surface area contributed by atoms with Gasteiger partial charge < -0.3 is 9.64 Å². The molecule has 0 aliphatic carbocycles. The van der Waals surface area contributed by atoms with Gasteiger partial charge in [-0.3, -0.25) is 0 Å². The second-order valence-corrected chi connectivity index (χ2v) is 10.7. The Morgan fingerprint density at radius 3 is 2.14 bits per heavy atom. The van der Waals surface area contributed by atoms with E-state index in [9.17, 15) is 8.42 Å². The molecule has 4 rings (SSSR count). The highest BCUT2D eigenvalue weighted by atomic mass is 32.2. The summed E-state index contributed by atoms with van der Waals surface area (Å²) in [5.41, 5.74) is 4.15. The lowest BCUT2D eigenvalue weighted by Crippen LogP contribution is -2.24. The molecule has 0 fully saturated rings. The van der Waals surface area contributed by atoms with Crippen LogP contribution in [-0.2, 0) is 22.9 Å². The number of aromatic nitrogens is 4. The van der Waals surface area contributed by atoms with Crippen molar-refractivity contribution in [1.29, 1.82) is 0 Å². The first-order chi connectivity index (χ1) is 16.7. The van der Waals surface area contributed by atoms with Crippen molar-refractivity contribution in [2.24, 2.45) is 0 Å². The quantitative estimate of drug-likeness (QED) is 0.343. The van der Waals surface area contributed by atoms with Crippen LogP contribution in [0.2, 0.25) is 0 Å². The average Bonchev–Trinajstić information content (AvgIpc) is 3.32. The van der Waals surface area contributed by atoms with Gasteiger partial charge in [0.2, 0.25) is 0 Å². The van der Waals surface area contributed by atoms with Crippen molar-refractivity contribution >= 4 is 15.5 Å². The number of rotatable bonds is 9. The minimum absolute atomic E-state index is 0.251. The van der Waals surface area contributed by atoms with Crippen molar-refractivity contribution in [1.82, 2.24) is 20.2 Å². The normalized spacial score (nSPS) is 11.6. The van der Waals surface area contributed by atoms with Gasteiger partial charge in [0.15, 0.2) is 15.7 Å². The van der Waals surface area contributed by atoms with Gasteiger partial charge in [-0.1, -0.05) is 38.1 Å². The van der Waals surface area contributed by atoms with Crippen LogP contribution in [0.5, 0.6) is 5.75 Å². The third-order valence-electron chi connectivity index (χ3n) is 5.83. The second-order valence-electron chi connectivity index (χ2n) is 8.72. The third kappa shape index (κ3) is 5.86. The average molecular weight is 492 g/mol. The fraction of sp³-hybridized carbons (Fsp3) is 0.269. The summed E-state index contributed by atoms with van der Waals surface area (Å²) in [5, 5.41) is 12.3. The molecule has 0 N–H and O–H groups in total. The highest BCUT2D eigenvalue weighted by Gasteiger charge is 2.16. The van der Waals surface area contributed by atoms with Gasteiger partial charge in [0.1, 0.15) is 5.75 Å². The Morgan fingerprint density at radius 1 is 0.914 bits per heavy atom. The number of benzene rings is 3. The van der Waals surface area contributed by atoms with Gasteiger partial charge in [-0.15, -0.1) is 5.10 Å². The van der Waals surface area contributed by atoms with Crippen LogP contribution < -0.4 is 9.64 Å². The van der Waals surface area contributed by atoms with E-state index in [4.69, 9.17) is 4.74 Å². The molecule has 1 heterocycles. The van der Waals surface area contributed by atoms with Crippen LogP contribution in [0.4, 0.5) is 5.69 Å². The van der Waals surface area contributed by atoms with Crippen LogP contribution in [0.25, 0.3) is 5.69 Å². The van der Waals surface area contributed by atoms with Gasteiger partial charge in [-0.05, 0) is 76.0 Å². The number of anilines is 1. The molecule has 0 spiro atoms. The van der Waals surface area contributed by atoms with E-state index in [0.29, 0.717) is 30.5 Å². The van der Waals surface area contributed by atoms with E-state index in [-0.39, 0.29) is 4.90 Å². The van der Waals surface area contributed by atoms with E-state index in [0.717, 1.165) is 11.4 Å². The third-order valence-corrected chi connectivity index (χ3v) is 6.96. The topological polar surface area (TPSA) is 90.2 Å². The summed E-state index contributed by atoms with van der Waals surface area (Å²) in [5.74, 6) is 1.89. The van der Waals surface area contributed by atoms with Crippen LogP contribution in [-0.4, -0.2) is 42.0 Å². The monoisotopic (exact) mass is 491 g/mol. The zero-order chi connectivity index (χ0) is 25.0. The van der Waals surface area contributed by atoms with Gasteiger partial charge >= 0.3 is 0 Å². The maximum atomic E-state index is 11.8. The number of hydrogen-bond donors (Lipinski definition) is 0. The maximum Gasteiger partial charge on any atom is 0.175 e. The molecule has 182 valence electrons. The molecule has 0 aliphatic rings. The van der Waals surface area contributed by atoms with Crippen molar-refractivity contribution in [3.8, 4) is 11.4 Å². The molecule has 0 atom stereocenters. The smallest absolute Gasteiger partial charge is 0.175 e. The summed E-state index contributed by atoms with van der Waals surface area (Å²) in [6.07, 6.45) is 1.19. The number of sulfone groups is 1. The summed E-state index contributed by atoms with van der Waals surface area (Å²) in [6, 6.07) is 23.1. The van der Waals surface area contributed by atoms with Crippen molar-refractivity contribution in [2.45, 2.75) is 37.8 Å². The molecule has 8 nitrogen and oxygen atoms in total. The molecule has 0 aliphatic heterocycles. The molecular weight excluding hydrogens is 462 g/mol. The molecule has 0 radical (unpaired) electrons. The Morgan fingerprint density at radius 2 is 1.57 bits per heavy atom. The zero-order valence-corrected chi connectivity index (χ0v) is 21.1. The fourth-order valence-corrected chi connectivity index (χ4v) is 4.40. The lowest BCUT2D eigenvalue weighted by Gasteiger charge is -2.25. The lowest BCUT2D eigenvalue weighted by molar-refractivity contribution is 0.415. The number of nitrogens with zero attached hydrogens (tertiary/aromatic N) is 5. The Bertz CT molecular complexity index is 1360. The van der Waals surface area contributed by atoms with Gasteiger partial charge in [0.05, 0.1) is 24.2 Å². The van der Waals surface area contributed by atoms with E-state index in [1.807, 2.05) is 24.3 Å². The fourth-order valence-electron chi connectivity index (χ4n) is 3.77. The molecule has 0 bridgehead atoms. The zero-order valence-electron chi connectivity index (χ0n) is 20.3. The summed E-state index contributed by atoms with van der Waals surface area (Å²) in [6.45, 7) is 5.46. The molecule has 4 aromatic rings. The predicted molar refractivity (Wildman–Crippen MR) is 136 cm³/mol. The van der Waals surface area contributed by atoms with E-state index in [1.165, 1.54) is 17.4 Å². The molecular formula is C26H29N5O3S. The molecule has 0 saturated heterocycles. The SMILES string of the molecule is COc1ccc(N(Cc2ccc(C(C)C)cc2)Cc2nnnn2-c2ccc(S(C)(=O)=O)cc2)cc1. The van der Waals surface area contributed by atoms with Crippen molar-refractivity contribution in [2.75, 3.05) is 18.3 Å². The number of ether oxygens (including phenoxy) is 1. The Kier molecular flexibility index (Phi) is 7.16. The summed E-state index contributed by atoms with van der Waals surface area (Å²) in [4.78, 5) is 2.44. The molecule has 35 heavy (non-hydrogen) atoms. The lowest BCUT2D eigenvalue weighted by atomic mass is 10.0. The van der Waals surface area contributed by atoms with Crippen LogP contribution in [0, 0.1) is 0 Å². The first-order valence-corrected chi connectivity index (χ1v) is 13.2. The maximum absolute atomic E-state index is 11.8. The van der Waals surface area contributed by atoms with E-state index in [1.54, 1.807) is 36.1 Å². The Labute approximate surface area is 206 Å². The Balaban J connectivity index is 1.64. The minimum atomic E-state index is -3.28. The Hall–Kier alpha value is -3.72. The van der Waals surface area contributed by atoms with Crippen LogP contribution in [0.15, 0.2) is 77.7 Å². The number of methoxy groups -OCH3 is 1. The second kappa shape index (κ2) is 10.3. The summed E-state index contributed by atoms with van der Waals surface area (Å²) in [7, 11) is -1.64. The van der Waals surface area contributed by atoms with Crippen molar-refractivity contribution < 1.29 is 13.2 Å². The molecule has 1 aromatic heterocycles. The molecule has 0 unspecified atom stereocenters. The van der Waals surface area contributed by atoms with Crippen LogP contribution in [0.3, 0.4) is 0 Å². The molecule has 9 heteroatoms. The van der Waals surface area contributed by atoms with Gasteiger partial charge in [0, 0.05) is 18.5 Å². The van der Waals surface area contributed by atoms with Crippen LogP contribution in [0.1, 0.15) is 36.7 Å². The van der Waals surface area contributed by atoms with E-state index < -0.39 is 9.84 Å². The summed E-state index contributed by atoms with van der Waals surface area (Å²) >= 11 is 0. The number of hydrogen-bond acceptors (Lipinski definition) is 7. The molecule has 0 amide bonds. The van der Waals surface area contributed by atoms with Crippen molar-refractivity contribution in [3.05, 3.63) is 89.7 Å².